The fourth-order valence-corrected chi connectivity index (χ4v) is 4.02. The molecule has 0 amide bonds. The van der Waals surface area contributed by atoms with Gasteiger partial charge in [-0.25, -0.2) is 12.8 Å². The molecule has 23 heavy (non-hydrogen) atoms. The Kier molecular flexibility index (Phi) is 4.58. The van der Waals surface area contributed by atoms with Gasteiger partial charge in [0, 0.05) is 25.5 Å². The van der Waals surface area contributed by atoms with Gasteiger partial charge in [-0.2, -0.15) is 4.31 Å². The van der Waals surface area contributed by atoms with E-state index in [1.54, 1.807) is 24.5 Å². The second-order valence-electron chi connectivity index (χ2n) is 5.36. The minimum atomic E-state index is -3.57. The molecule has 2 aromatic rings. The van der Waals surface area contributed by atoms with Gasteiger partial charge in [0.25, 0.3) is 0 Å². The van der Waals surface area contributed by atoms with E-state index >= 15 is 0 Å². The molecule has 1 fully saturated rings. The molecule has 1 saturated heterocycles. The van der Waals surface area contributed by atoms with Gasteiger partial charge in [-0.3, -0.25) is 4.98 Å². The zero-order chi connectivity index (χ0) is 16.3. The van der Waals surface area contributed by atoms with Gasteiger partial charge in [0.2, 0.25) is 10.0 Å². The molecule has 1 aliphatic heterocycles. The van der Waals surface area contributed by atoms with Gasteiger partial charge in [0.1, 0.15) is 17.7 Å². The molecule has 1 aromatic heterocycles. The minimum Gasteiger partial charge on any atom is -0.490 e. The van der Waals surface area contributed by atoms with E-state index in [2.05, 4.69) is 4.98 Å². The zero-order valence-corrected chi connectivity index (χ0v) is 13.2. The van der Waals surface area contributed by atoms with Crippen LogP contribution in [-0.2, 0) is 10.0 Å². The Balaban J connectivity index is 1.63. The van der Waals surface area contributed by atoms with E-state index in [0.29, 0.717) is 25.9 Å². The maximum Gasteiger partial charge on any atom is 0.243 e. The lowest BCUT2D eigenvalue weighted by Gasteiger charge is -2.31. The zero-order valence-electron chi connectivity index (χ0n) is 12.4. The number of aromatic nitrogens is 1. The van der Waals surface area contributed by atoms with Crippen molar-refractivity contribution in [1.82, 2.24) is 9.29 Å². The molecule has 0 atom stereocenters. The molecule has 0 spiro atoms. The molecule has 2 heterocycles. The lowest BCUT2D eigenvalue weighted by atomic mass is 10.1. The Bertz CT molecular complexity index is 743. The fraction of sp³-hybridized carbons (Fsp3) is 0.312. The number of ether oxygens (including phenoxy) is 1. The van der Waals surface area contributed by atoms with E-state index in [0.717, 1.165) is 17.9 Å². The highest BCUT2D eigenvalue weighted by Gasteiger charge is 2.30. The van der Waals surface area contributed by atoms with Crippen LogP contribution in [0.3, 0.4) is 0 Å². The molecule has 3 rings (SSSR count). The maximum atomic E-state index is 12.9. The predicted molar refractivity (Wildman–Crippen MR) is 83.0 cm³/mol. The summed E-state index contributed by atoms with van der Waals surface area (Å²) in [6.45, 7) is 0.769. The largest absolute Gasteiger partial charge is 0.490 e. The summed E-state index contributed by atoms with van der Waals surface area (Å²) in [5, 5.41) is 0. The number of halogens is 1. The van der Waals surface area contributed by atoms with Crippen molar-refractivity contribution in [2.24, 2.45) is 0 Å². The second kappa shape index (κ2) is 6.64. The van der Waals surface area contributed by atoms with Crippen molar-refractivity contribution in [2.75, 3.05) is 13.1 Å². The van der Waals surface area contributed by atoms with Crippen molar-refractivity contribution in [2.45, 2.75) is 23.8 Å². The van der Waals surface area contributed by atoms with Crippen LogP contribution in [-0.4, -0.2) is 36.9 Å². The second-order valence-corrected chi connectivity index (χ2v) is 7.30. The monoisotopic (exact) mass is 336 g/mol. The standard InChI is InChI=1S/C16H17FN2O3S/c17-13-1-3-16(4-2-13)23(20,21)19-11-7-15(8-12-19)22-14-5-9-18-10-6-14/h1-6,9-10,15H,7-8,11-12H2. The van der Waals surface area contributed by atoms with Crippen LogP contribution >= 0.6 is 0 Å². The smallest absolute Gasteiger partial charge is 0.243 e. The van der Waals surface area contributed by atoms with E-state index < -0.39 is 15.8 Å². The quantitative estimate of drug-likeness (QED) is 0.860. The van der Waals surface area contributed by atoms with Crippen molar-refractivity contribution >= 4 is 10.0 Å². The highest BCUT2D eigenvalue weighted by Crippen LogP contribution is 2.23. The summed E-state index contributed by atoms with van der Waals surface area (Å²) in [5.41, 5.74) is 0. The van der Waals surface area contributed by atoms with Crippen LogP contribution < -0.4 is 4.74 Å². The Morgan fingerprint density at radius 2 is 1.65 bits per heavy atom. The summed E-state index contributed by atoms with van der Waals surface area (Å²) >= 11 is 0. The summed E-state index contributed by atoms with van der Waals surface area (Å²) in [5.74, 6) is 0.285. The summed E-state index contributed by atoms with van der Waals surface area (Å²) < 4.78 is 45.2. The lowest BCUT2D eigenvalue weighted by Crippen LogP contribution is -2.41. The lowest BCUT2D eigenvalue weighted by molar-refractivity contribution is 0.135. The average molecular weight is 336 g/mol. The number of hydrogen-bond donors (Lipinski definition) is 0. The van der Waals surface area contributed by atoms with Gasteiger partial charge >= 0.3 is 0 Å². The van der Waals surface area contributed by atoms with E-state index in [1.807, 2.05) is 0 Å². The fourth-order valence-electron chi connectivity index (χ4n) is 2.56. The third kappa shape index (κ3) is 3.68. The molecular formula is C16H17FN2O3S. The Hall–Kier alpha value is -1.99. The van der Waals surface area contributed by atoms with Gasteiger partial charge in [-0.15, -0.1) is 0 Å². The number of piperidine rings is 1. The van der Waals surface area contributed by atoms with E-state index in [4.69, 9.17) is 4.74 Å². The highest BCUT2D eigenvalue weighted by molar-refractivity contribution is 7.89. The molecule has 7 heteroatoms. The summed E-state index contributed by atoms with van der Waals surface area (Å²) in [4.78, 5) is 4.05. The van der Waals surface area contributed by atoms with Crippen LogP contribution in [0.1, 0.15) is 12.8 Å². The van der Waals surface area contributed by atoms with Gasteiger partial charge in [0.05, 0.1) is 4.90 Å². The van der Waals surface area contributed by atoms with E-state index in [-0.39, 0.29) is 11.0 Å². The first kappa shape index (κ1) is 15.9. The van der Waals surface area contributed by atoms with Crippen LogP contribution in [0.25, 0.3) is 0 Å². The number of sulfonamides is 1. The summed E-state index contributed by atoms with van der Waals surface area (Å²) in [7, 11) is -3.57. The van der Waals surface area contributed by atoms with Crippen molar-refractivity contribution < 1.29 is 17.5 Å². The first-order valence-electron chi connectivity index (χ1n) is 7.38. The third-order valence-electron chi connectivity index (χ3n) is 3.80. The Morgan fingerprint density at radius 3 is 2.26 bits per heavy atom. The van der Waals surface area contributed by atoms with Crippen LogP contribution in [0.4, 0.5) is 4.39 Å². The van der Waals surface area contributed by atoms with Crippen LogP contribution in [0.5, 0.6) is 5.75 Å². The molecule has 5 nitrogen and oxygen atoms in total. The molecular weight excluding hydrogens is 319 g/mol. The first-order valence-corrected chi connectivity index (χ1v) is 8.82. The molecule has 0 N–H and O–H groups in total. The van der Waals surface area contributed by atoms with Gasteiger partial charge in [-0.05, 0) is 49.2 Å². The average Bonchev–Trinajstić information content (AvgIpc) is 2.57. The molecule has 1 aromatic carbocycles. The molecule has 0 bridgehead atoms. The molecule has 122 valence electrons. The Labute approximate surface area is 134 Å². The van der Waals surface area contributed by atoms with Gasteiger partial charge in [0.15, 0.2) is 0 Å². The molecule has 1 aliphatic rings. The molecule has 0 aliphatic carbocycles. The topological polar surface area (TPSA) is 59.5 Å². The highest BCUT2D eigenvalue weighted by atomic mass is 32.2. The molecule has 0 radical (unpaired) electrons. The number of hydrogen-bond acceptors (Lipinski definition) is 4. The normalized spacial score (nSPS) is 17.1. The van der Waals surface area contributed by atoms with E-state index in [9.17, 15) is 12.8 Å². The van der Waals surface area contributed by atoms with Crippen molar-refractivity contribution in [3.05, 3.63) is 54.6 Å². The number of nitrogens with zero attached hydrogens (tertiary/aromatic N) is 2. The summed E-state index contributed by atoms with van der Waals surface area (Å²) in [6, 6.07) is 8.47. The molecule has 0 saturated carbocycles. The number of pyridine rings is 1. The van der Waals surface area contributed by atoms with Crippen molar-refractivity contribution in [3.8, 4) is 5.75 Å². The van der Waals surface area contributed by atoms with Crippen LogP contribution in [0.2, 0.25) is 0 Å². The maximum absolute atomic E-state index is 12.9. The van der Waals surface area contributed by atoms with Gasteiger partial charge < -0.3 is 4.74 Å². The number of benzene rings is 1. The SMILES string of the molecule is O=S(=O)(c1ccc(F)cc1)N1CCC(Oc2ccncc2)CC1. The third-order valence-corrected chi connectivity index (χ3v) is 5.72. The summed E-state index contributed by atoms with van der Waals surface area (Å²) in [6.07, 6.45) is 4.52. The van der Waals surface area contributed by atoms with Crippen LogP contribution in [0.15, 0.2) is 53.7 Å². The molecule has 0 unspecified atom stereocenters. The minimum absolute atomic E-state index is 0.0166. The predicted octanol–water partition coefficient (Wildman–Crippen LogP) is 2.45. The van der Waals surface area contributed by atoms with Crippen molar-refractivity contribution in [1.29, 1.82) is 0 Å². The van der Waals surface area contributed by atoms with E-state index in [1.165, 1.54) is 16.4 Å². The van der Waals surface area contributed by atoms with Crippen LogP contribution in [0, 0.1) is 5.82 Å². The Morgan fingerprint density at radius 1 is 1.04 bits per heavy atom. The first-order chi connectivity index (χ1) is 11.1. The number of rotatable bonds is 4. The van der Waals surface area contributed by atoms with Gasteiger partial charge in [-0.1, -0.05) is 0 Å². The van der Waals surface area contributed by atoms with Crippen molar-refractivity contribution in [3.63, 3.8) is 0 Å².